The number of benzene rings is 2. The summed E-state index contributed by atoms with van der Waals surface area (Å²) in [6, 6.07) is 11.9. The number of rotatable bonds is 4. The topological polar surface area (TPSA) is 69.6 Å². The van der Waals surface area contributed by atoms with Gasteiger partial charge in [0.15, 0.2) is 0 Å². The summed E-state index contributed by atoms with van der Waals surface area (Å²) in [7, 11) is 3.82. The van der Waals surface area contributed by atoms with E-state index < -0.39 is 5.97 Å². The van der Waals surface area contributed by atoms with Crippen molar-refractivity contribution in [1.82, 2.24) is 0 Å². The van der Waals surface area contributed by atoms with Gasteiger partial charge in [-0.15, -0.1) is 0 Å². The fourth-order valence-electron chi connectivity index (χ4n) is 2.06. The maximum atomic E-state index is 12.3. The molecule has 1 amide bonds. The van der Waals surface area contributed by atoms with Gasteiger partial charge in [-0.2, -0.15) is 0 Å². The number of amides is 1. The molecular weight excluding hydrogens is 280 g/mol. The Bertz CT molecular complexity index is 724. The Hall–Kier alpha value is -2.82. The van der Waals surface area contributed by atoms with E-state index in [1.54, 1.807) is 25.1 Å². The van der Waals surface area contributed by atoms with Crippen LogP contribution in [0, 0.1) is 6.92 Å². The van der Waals surface area contributed by atoms with Crippen molar-refractivity contribution in [3.05, 3.63) is 59.2 Å². The number of nitrogens with one attached hydrogen (secondary N) is 1. The number of carboxylic acid groups (broad SMARTS) is 1. The molecule has 0 atom stereocenters. The van der Waals surface area contributed by atoms with E-state index in [0.29, 0.717) is 16.8 Å². The number of anilines is 2. The first-order valence-electron chi connectivity index (χ1n) is 6.81. The zero-order valence-corrected chi connectivity index (χ0v) is 12.8. The quantitative estimate of drug-likeness (QED) is 0.910. The highest BCUT2D eigenvalue weighted by molar-refractivity contribution is 6.05. The number of hydrogen-bond donors (Lipinski definition) is 2. The van der Waals surface area contributed by atoms with Crippen molar-refractivity contribution in [2.75, 3.05) is 24.3 Å². The van der Waals surface area contributed by atoms with E-state index in [9.17, 15) is 9.59 Å². The summed E-state index contributed by atoms with van der Waals surface area (Å²) in [5.74, 6) is -1.21. The van der Waals surface area contributed by atoms with Gasteiger partial charge in [0, 0.05) is 31.0 Å². The predicted octanol–water partition coefficient (Wildman–Crippen LogP) is 3.01. The Morgan fingerprint density at radius 3 is 2.36 bits per heavy atom. The minimum Gasteiger partial charge on any atom is -0.478 e. The Balaban J connectivity index is 2.22. The molecule has 0 saturated heterocycles. The van der Waals surface area contributed by atoms with Crippen LogP contribution in [0.15, 0.2) is 42.5 Å². The lowest BCUT2D eigenvalue weighted by Crippen LogP contribution is -2.15. The minimum atomic E-state index is -0.986. The molecule has 0 bridgehead atoms. The standard InChI is InChI=1S/C17H18N2O3/c1-11-9-13(17(21)22)7-8-15(11)18-16(20)12-5-4-6-14(10-12)19(2)3/h4-10H,1-3H3,(H,18,20)(H,21,22). The van der Waals surface area contributed by atoms with Crippen LogP contribution in [0.1, 0.15) is 26.3 Å². The van der Waals surface area contributed by atoms with Gasteiger partial charge in [-0.1, -0.05) is 6.07 Å². The van der Waals surface area contributed by atoms with E-state index in [0.717, 1.165) is 5.69 Å². The normalized spacial score (nSPS) is 10.1. The molecule has 0 saturated carbocycles. The van der Waals surface area contributed by atoms with Crippen molar-refractivity contribution in [2.24, 2.45) is 0 Å². The lowest BCUT2D eigenvalue weighted by molar-refractivity contribution is 0.0696. The predicted molar refractivity (Wildman–Crippen MR) is 86.9 cm³/mol. The Kier molecular flexibility index (Phi) is 4.46. The highest BCUT2D eigenvalue weighted by atomic mass is 16.4. The molecule has 0 fully saturated rings. The van der Waals surface area contributed by atoms with E-state index in [-0.39, 0.29) is 11.5 Å². The molecule has 0 unspecified atom stereocenters. The van der Waals surface area contributed by atoms with Crippen LogP contribution in [0.5, 0.6) is 0 Å². The molecule has 0 spiro atoms. The summed E-state index contributed by atoms with van der Waals surface area (Å²) >= 11 is 0. The Morgan fingerprint density at radius 1 is 1.05 bits per heavy atom. The van der Waals surface area contributed by atoms with E-state index in [1.165, 1.54) is 12.1 Å². The fourth-order valence-corrected chi connectivity index (χ4v) is 2.06. The van der Waals surface area contributed by atoms with Gasteiger partial charge in [0.2, 0.25) is 0 Å². The zero-order valence-electron chi connectivity index (χ0n) is 12.8. The summed E-state index contributed by atoms with van der Waals surface area (Å²) < 4.78 is 0. The molecule has 5 nitrogen and oxygen atoms in total. The van der Waals surface area contributed by atoms with Crippen molar-refractivity contribution in [3.8, 4) is 0 Å². The first-order valence-corrected chi connectivity index (χ1v) is 6.81. The lowest BCUT2D eigenvalue weighted by atomic mass is 10.1. The molecule has 0 aliphatic carbocycles. The van der Waals surface area contributed by atoms with Gasteiger partial charge in [-0.05, 0) is 48.9 Å². The Labute approximate surface area is 129 Å². The summed E-state index contributed by atoms with van der Waals surface area (Å²) in [5, 5.41) is 11.8. The minimum absolute atomic E-state index is 0.199. The second-order valence-corrected chi connectivity index (χ2v) is 5.23. The van der Waals surface area contributed by atoms with Gasteiger partial charge < -0.3 is 15.3 Å². The molecular formula is C17H18N2O3. The third kappa shape index (κ3) is 3.44. The summed E-state index contributed by atoms with van der Waals surface area (Å²) in [6.07, 6.45) is 0. The zero-order chi connectivity index (χ0) is 16.3. The van der Waals surface area contributed by atoms with Crippen molar-refractivity contribution >= 4 is 23.3 Å². The van der Waals surface area contributed by atoms with Gasteiger partial charge in [0.05, 0.1) is 5.56 Å². The van der Waals surface area contributed by atoms with Gasteiger partial charge >= 0.3 is 5.97 Å². The average molecular weight is 298 g/mol. The molecule has 0 radical (unpaired) electrons. The molecule has 114 valence electrons. The van der Waals surface area contributed by atoms with Crippen LogP contribution in [-0.4, -0.2) is 31.1 Å². The van der Waals surface area contributed by atoms with Gasteiger partial charge in [-0.25, -0.2) is 4.79 Å². The maximum Gasteiger partial charge on any atom is 0.335 e. The van der Waals surface area contributed by atoms with Crippen molar-refractivity contribution in [1.29, 1.82) is 0 Å². The molecule has 2 rings (SSSR count). The van der Waals surface area contributed by atoms with Crippen molar-refractivity contribution in [3.63, 3.8) is 0 Å². The van der Waals surface area contributed by atoms with Gasteiger partial charge in [0.25, 0.3) is 5.91 Å². The van der Waals surface area contributed by atoms with E-state index in [4.69, 9.17) is 5.11 Å². The van der Waals surface area contributed by atoms with Crippen LogP contribution < -0.4 is 10.2 Å². The highest BCUT2D eigenvalue weighted by Gasteiger charge is 2.11. The van der Waals surface area contributed by atoms with Crippen LogP contribution in [0.2, 0.25) is 0 Å². The monoisotopic (exact) mass is 298 g/mol. The number of aromatic carboxylic acids is 1. The first-order chi connectivity index (χ1) is 10.4. The average Bonchev–Trinajstić information content (AvgIpc) is 2.49. The smallest absolute Gasteiger partial charge is 0.335 e. The molecule has 5 heteroatoms. The molecule has 0 aliphatic heterocycles. The van der Waals surface area contributed by atoms with Crippen LogP contribution in [0.3, 0.4) is 0 Å². The van der Waals surface area contributed by atoms with Gasteiger partial charge in [-0.3, -0.25) is 4.79 Å². The van der Waals surface area contributed by atoms with Gasteiger partial charge in [0.1, 0.15) is 0 Å². The second kappa shape index (κ2) is 6.30. The third-order valence-electron chi connectivity index (χ3n) is 3.35. The van der Waals surface area contributed by atoms with Crippen LogP contribution in [0.4, 0.5) is 11.4 Å². The second-order valence-electron chi connectivity index (χ2n) is 5.23. The molecule has 2 aromatic rings. The lowest BCUT2D eigenvalue weighted by Gasteiger charge is -2.14. The van der Waals surface area contributed by atoms with Crippen LogP contribution in [-0.2, 0) is 0 Å². The first kappa shape index (κ1) is 15.6. The van der Waals surface area contributed by atoms with Crippen LogP contribution in [0.25, 0.3) is 0 Å². The number of carbonyl (C=O) groups is 2. The van der Waals surface area contributed by atoms with Crippen LogP contribution >= 0.6 is 0 Å². The SMILES string of the molecule is Cc1cc(C(=O)O)ccc1NC(=O)c1cccc(N(C)C)c1. The van der Waals surface area contributed by atoms with E-state index in [2.05, 4.69) is 5.32 Å². The number of carboxylic acids is 1. The largest absolute Gasteiger partial charge is 0.478 e. The molecule has 2 aromatic carbocycles. The summed E-state index contributed by atoms with van der Waals surface area (Å²) in [6.45, 7) is 1.76. The number of hydrogen-bond acceptors (Lipinski definition) is 3. The third-order valence-corrected chi connectivity index (χ3v) is 3.35. The highest BCUT2D eigenvalue weighted by Crippen LogP contribution is 2.19. The number of aryl methyl sites for hydroxylation is 1. The van der Waals surface area contributed by atoms with E-state index >= 15 is 0 Å². The fraction of sp³-hybridized carbons (Fsp3) is 0.176. The van der Waals surface area contributed by atoms with E-state index in [1.807, 2.05) is 31.1 Å². The molecule has 2 N–H and O–H groups in total. The molecule has 0 aliphatic rings. The van der Waals surface area contributed by atoms with Crippen molar-refractivity contribution < 1.29 is 14.7 Å². The number of nitrogens with zero attached hydrogens (tertiary/aromatic N) is 1. The molecule has 0 heterocycles. The molecule has 0 aromatic heterocycles. The van der Waals surface area contributed by atoms with Crippen molar-refractivity contribution in [2.45, 2.75) is 6.92 Å². The maximum absolute atomic E-state index is 12.3. The summed E-state index contributed by atoms with van der Waals surface area (Å²) in [4.78, 5) is 25.2. The summed E-state index contributed by atoms with van der Waals surface area (Å²) in [5.41, 5.74) is 2.99. The number of carbonyl (C=O) groups excluding carboxylic acids is 1. The Morgan fingerprint density at radius 2 is 1.77 bits per heavy atom. The molecule has 22 heavy (non-hydrogen) atoms.